The van der Waals surface area contributed by atoms with E-state index in [1.165, 1.54) is 14.7 Å². The molecular formula is C26H23Cl2N3O5. The maximum atomic E-state index is 13.8. The topological polar surface area (TPSA) is 90.4 Å². The average Bonchev–Trinajstić information content (AvgIpc) is 2.87. The van der Waals surface area contributed by atoms with E-state index in [0.29, 0.717) is 21.4 Å². The molecule has 1 aliphatic heterocycles. The first-order chi connectivity index (χ1) is 17.3. The number of carboxylic acids is 1. The third-order valence-electron chi connectivity index (χ3n) is 5.69. The van der Waals surface area contributed by atoms with Crippen molar-refractivity contribution in [1.82, 2.24) is 9.80 Å². The number of piperazine rings is 1. The lowest BCUT2D eigenvalue weighted by molar-refractivity contribution is -0.143. The number of anilines is 2. The zero-order chi connectivity index (χ0) is 25.7. The van der Waals surface area contributed by atoms with E-state index >= 15 is 0 Å². The Kier molecular flexibility index (Phi) is 7.97. The van der Waals surface area contributed by atoms with Gasteiger partial charge < -0.3 is 19.6 Å². The first kappa shape index (κ1) is 25.3. The van der Waals surface area contributed by atoms with Gasteiger partial charge in [0.15, 0.2) is 0 Å². The number of urea groups is 1. The molecule has 1 saturated heterocycles. The number of ether oxygens (including phenoxy) is 1. The van der Waals surface area contributed by atoms with Crippen LogP contribution in [0, 0.1) is 0 Å². The summed E-state index contributed by atoms with van der Waals surface area (Å²) in [7, 11) is 0. The van der Waals surface area contributed by atoms with Crippen molar-refractivity contribution >= 4 is 52.7 Å². The van der Waals surface area contributed by atoms with Gasteiger partial charge in [-0.3, -0.25) is 4.90 Å². The van der Waals surface area contributed by atoms with Crippen LogP contribution in [0.3, 0.4) is 0 Å². The largest absolute Gasteiger partial charge is 0.480 e. The number of hydrogen-bond donors (Lipinski definition) is 1. The molecule has 1 heterocycles. The van der Waals surface area contributed by atoms with Gasteiger partial charge in [0.05, 0.1) is 17.9 Å². The maximum Gasteiger partial charge on any atom is 0.410 e. The normalized spacial score (nSPS) is 15.3. The Morgan fingerprint density at radius 2 is 1.50 bits per heavy atom. The zero-order valence-corrected chi connectivity index (χ0v) is 20.6. The zero-order valence-electron chi connectivity index (χ0n) is 19.1. The molecule has 0 bridgehead atoms. The molecule has 3 amide bonds. The van der Waals surface area contributed by atoms with E-state index < -0.39 is 24.1 Å². The Morgan fingerprint density at radius 3 is 2.11 bits per heavy atom. The Labute approximate surface area is 218 Å². The number of para-hydroxylation sites is 1. The number of carbonyl (C=O) groups is 3. The molecule has 186 valence electrons. The van der Waals surface area contributed by atoms with Gasteiger partial charge in [-0.1, -0.05) is 71.7 Å². The number of rotatable bonds is 5. The standard InChI is InChI=1S/C26H23Cl2N3O5/c27-19-13-20(28)15-22(14-19)31(21-9-5-2-6-10-21)25(34)30-12-11-29(16-23(30)24(32)33)26(35)36-17-18-7-3-1-4-8-18/h1-10,13-15,23H,11-12,16-17H2,(H,32,33)/t23-/m0/s1. The highest BCUT2D eigenvalue weighted by Gasteiger charge is 2.40. The van der Waals surface area contributed by atoms with Crippen LogP contribution in [0.25, 0.3) is 0 Å². The number of carbonyl (C=O) groups excluding carboxylic acids is 2. The Hall–Kier alpha value is -3.75. The van der Waals surface area contributed by atoms with Crippen LogP contribution >= 0.6 is 23.2 Å². The summed E-state index contributed by atoms with van der Waals surface area (Å²) >= 11 is 12.4. The molecule has 0 saturated carbocycles. The molecule has 0 aromatic heterocycles. The van der Waals surface area contributed by atoms with Gasteiger partial charge in [0.1, 0.15) is 12.6 Å². The minimum atomic E-state index is -1.28. The van der Waals surface area contributed by atoms with Crippen molar-refractivity contribution in [3.8, 4) is 0 Å². The Bertz CT molecular complexity index is 1220. The summed E-state index contributed by atoms with van der Waals surface area (Å²) in [6.45, 7) is -0.0442. The number of carboxylic acid groups (broad SMARTS) is 1. The SMILES string of the molecule is O=C(O)[C@@H]1CN(C(=O)OCc2ccccc2)CCN1C(=O)N(c1ccccc1)c1cc(Cl)cc(Cl)c1. The van der Waals surface area contributed by atoms with E-state index in [9.17, 15) is 19.5 Å². The Balaban J connectivity index is 1.55. The smallest absolute Gasteiger partial charge is 0.410 e. The van der Waals surface area contributed by atoms with Gasteiger partial charge in [-0.15, -0.1) is 0 Å². The summed E-state index contributed by atoms with van der Waals surface area (Å²) in [4.78, 5) is 42.5. The maximum absolute atomic E-state index is 13.8. The lowest BCUT2D eigenvalue weighted by Gasteiger charge is -2.41. The number of nitrogens with zero attached hydrogens (tertiary/aromatic N) is 3. The van der Waals surface area contributed by atoms with Crippen LogP contribution in [0.2, 0.25) is 10.0 Å². The molecule has 10 heteroatoms. The van der Waals surface area contributed by atoms with Crippen LogP contribution in [0.1, 0.15) is 5.56 Å². The summed E-state index contributed by atoms with van der Waals surface area (Å²) < 4.78 is 5.35. The van der Waals surface area contributed by atoms with Crippen molar-refractivity contribution in [2.24, 2.45) is 0 Å². The third kappa shape index (κ3) is 5.90. The van der Waals surface area contributed by atoms with Gasteiger partial charge in [-0.25, -0.2) is 14.4 Å². The second-order valence-electron chi connectivity index (χ2n) is 8.11. The molecule has 4 rings (SSSR count). The molecule has 1 fully saturated rings. The fourth-order valence-electron chi connectivity index (χ4n) is 3.94. The predicted molar refractivity (Wildman–Crippen MR) is 137 cm³/mol. The van der Waals surface area contributed by atoms with Crippen molar-refractivity contribution in [2.45, 2.75) is 12.6 Å². The molecule has 1 atom stereocenters. The summed E-state index contributed by atoms with van der Waals surface area (Å²) in [5.74, 6) is -1.24. The molecule has 3 aromatic carbocycles. The van der Waals surface area contributed by atoms with Gasteiger partial charge in [0.2, 0.25) is 0 Å². The molecule has 1 aliphatic rings. The van der Waals surface area contributed by atoms with Gasteiger partial charge in [0.25, 0.3) is 0 Å². The van der Waals surface area contributed by atoms with E-state index in [1.807, 2.05) is 30.3 Å². The Morgan fingerprint density at radius 1 is 0.889 bits per heavy atom. The first-order valence-corrected chi connectivity index (χ1v) is 11.9. The number of benzene rings is 3. The molecule has 0 aliphatic carbocycles. The summed E-state index contributed by atoms with van der Waals surface area (Å²) in [6, 6.07) is 20.8. The highest BCUT2D eigenvalue weighted by Crippen LogP contribution is 2.32. The predicted octanol–water partition coefficient (Wildman–Crippen LogP) is 5.66. The number of amides is 3. The van der Waals surface area contributed by atoms with Crippen LogP contribution in [-0.2, 0) is 16.1 Å². The van der Waals surface area contributed by atoms with E-state index in [4.69, 9.17) is 27.9 Å². The molecule has 0 spiro atoms. The second kappa shape index (κ2) is 11.3. The lowest BCUT2D eigenvalue weighted by atomic mass is 10.1. The molecule has 3 aromatic rings. The minimum absolute atomic E-state index is 0.00608. The molecule has 0 unspecified atom stereocenters. The van der Waals surface area contributed by atoms with Crippen molar-refractivity contribution in [3.05, 3.63) is 94.5 Å². The molecule has 0 radical (unpaired) electrons. The highest BCUT2D eigenvalue weighted by molar-refractivity contribution is 6.35. The van der Waals surface area contributed by atoms with Crippen molar-refractivity contribution in [2.75, 3.05) is 24.5 Å². The number of aliphatic carboxylic acids is 1. The number of halogens is 2. The lowest BCUT2D eigenvalue weighted by Crippen LogP contribution is -2.61. The van der Waals surface area contributed by atoms with E-state index in [1.54, 1.807) is 48.5 Å². The van der Waals surface area contributed by atoms with Gasteiger partial charge >= 0.3 is 18.1 Å². The average molecular weight is 528 g/mol. The molecule has 36 heavy (non-hydrogen) atoms. The van der Waals surface area contributed by atoms with Crippen molar-refractivity contribution < 1.29 is 24.2 Å². The fraction of sp³-hybridized carbons (Fsp3) is 0.192. The third-order valence-corrected chi connectivity index (χ3v) is 6.12. The van der Waals surface area contributed by atoms with E-state index in [2.05, 4.69) is 0 Å². The van der Waals surface area contributed by atoms with Gasteiger partial charge in [0, 0.05) is 23.1 Å². The second-order valence-corrected chi connectivity index (χ2v) is 8.99. The fourth-order valence-corrected chi connectivity index (χ4v) is 4.46. The van der Waals surface area contributed by atoms with Crippen molar-refractivity contribution in [3.63, 3.8) is 0 Å². The number of hydrogen-bond acceptors (Lipinski definition) is 4. The summed E-state index contributed by atoms with van der Waals surface area (Å²) in [5.41, 5.74) is 1.71. The first-order valence-electron chi connectivity index (χ1n) is 11.1. The summed E-state index contributed by atoms with van der Waals surface area (Å²) in [5, 5.41) is 10.6. The van der Waals surface area contributed by atoms with Crippen molar-refractivity contribution in [1.29, 1.82) is 0 Å². The molecule has 8 nitrogen and oxygen atoms in total. The van der Waals surface area contributed by atoms with Crippen LogP contribution in [-0.4, -0.2) is 58.7 Å². The van der Waals surface area contributed by atoms with Crippen LogP contribution < -0.4 is 4.90 Å². The van der Waals surface area contributed by atoms with Crippen LogP contribution in [0.15, 0.2) is 78.9 Å². The monoisotopic (exact) mass is 527 g/mol. The van der Waals surface area contributed by atoms with Crippen LogP contribution in [0.5, 0.6) is 0 Å². The van der Waals surface area contributed by atoms with Gasteiger partial charge in [-0.05, 0) is 35.9 Å². The molecular weight excluding hydrogens is 505 g/mol. The van der Waals surface area contributed by atoms with Gasteiger partial charge in [-0.2, -0.15) is 0 Å². The van der Waals surface area contributed by atoms with E-state index in [-0.39, 0.29) is 26.2 Å². The van der Waals surface area contributed by atoms with Crippen LogP contribution in [0.4, 0.5) is 21.0 Å². The molecule has 1 N–H and O–H groups in total. The highest BCUT2D eigenvalue weighted by atomic mass is 35.5. The minimum Gasteiger partial charge on any atom is -0.480 e. The quantitative estimate of drug-likeness (QED) is 0.462. The summed E-state index contributed by atoms with van der Waals surface area (Å²) in [6.07, 6.45) is -0.640. The van der Waals surface area contributed by atoms with E-state index in [0.717, 1.165) is 5.56 Å².